The van der Waals surface area contributed by atoms with Crippen molar-refractivity contribution in [2.24, 2.45) is 28.1 Å². The average molecular weight is 362 g/mol. The van der Waals surface area contributed by atoms with Gasteiger partial charge in [0.05, 0.1) is 23.0 Å². The molecule has 4 aliphatic carbocycles. The van der Waals surface area contributed by atoms with Gasteiger partial charge in [0.15, 0.2) is 0 Å². The van der Waals surface area contributed by atoms with E-state index < -0.39 is 45.4 Å². The molecule has 5 aliphatic rings. The molecule has 26 heavy (non-hydrogen) atoms. The van der Waals surface area contributed by atoms with Gasteiger partial charge in [0, 0.05) is 16.7 Å². The summed E-state index contributed by atoms with van der Waals surface area (Å²) >= 11 is 0. The van der Waals surface area contributed by atoms with Crippen molar-refractivity contribution in [3.05, 3.63) is 12.2 Å². The molecular formula is C20H26O6. The van der Waals surface area contributed by atoms with E-state index in [1.54, 1.807) is 0 Å². The Morgan fingerprint density at radius 2 is 1.96 bits per heavy atom. The van der Waals surface area contributed by atoms with Gasteiger partial charge in [0.2, 0.25) is 0 Å². The van der Waals surface area contributed by atoms with Crippen LogP contribution in [-0.2, 0) is 14.3 Å². The molecule has 8 atom stereocenters. The molecular weight excluding hydrogens is 336 g/mol. The lowest BCUT2D eigenvalue weighted by Crippen LogP contribution is -2.56. The van der Waals surface area contributed by atoms with Gasteiger partial charge in [0.1, 0.15) is 5.60 Å². The summed E-state index contributed by atoms with van der Waals surface area (Å²) in [6.07, 6.45) is 2.08. The molecule has 6 nitrogen and oxygen atoms in total. The van der Waals surface area contributed by atoms with Crippen LogP contribution in [0.25, 0.3) is 0 Å². The fraction of sp³-hybridized carbons (Fsp3) is 0.800. The van der Waals surface area contributed by atoms with Gasteiger partial charge in [-0.05, 0) is 51.0 Å². The summed E-state index contributed by atoms with van der Waals surface area (Å²) in [5, 5.41) is 32.6. The second-order valence-electron chi connectivity index (χ2n) is 9.78. The van der Waals surface area contributed by atoms with Crippen molar-refractivity contribution in [1.82, 2.24) is 0 Å². The molecule has 1 saturated heterocycles. The predicted octanol–water partition coefficient (Wildman–Crippen LogP) is 1.64. The number of aliphatic hydroxyl groups is 2. The molecule has 1 heterocycles. The molecule has 5 rings (SSSR count). The number of fused-ring (bicyclic) bond motifs is 1. The normalized spacial score (nSPS) is 59.8. The quantitative estimate of drug-likeness (QED) is 0.484. The first-order valence-electron chi connectivity index (χ1n) is 9.57. The molecule has 5 fully saturated rings. The van der Waals surface area contributed by atoms with Gasteiger partial charge >= 0.3 is 11.9 Å². The van der Waals surface area contributed by atoms with E-state index in [0.29, 0.717) is 31.3 Å². The predicted molar refractivity (Wildman–Crippen MR) is 89.9 cm³/mol. The van der Waals surface area contributed by atoms with E-state index in [9.17, 15) is 24.9 Å². The lowest BCUT2D eigenvalue weighted by molar-refractivity contribution is -0.167. The molecule has 142 valence electrons. The Kier molecular flexibility index (Phi) is 2.70. The Balaban J connectivity index is 1.84. The number of hydrogen-bond acceptors (Lipinski definition) is 5. The summed E-state index contributed by atoms with van der Waals surface area (Å²) < 4.78 is 6.09. The van der Waals surface area contributed by atoms with Gasteiger partial charge < -0.3 is 20.1 Å². The average Bonchev–Trinajstić information content (AvgIpc) is 2.85. The second kappa shape index (κ2) is 4.20. The minimum Gasteiger partial charge on any atom is -0.481 e. The third-order valence-corrected chi connectivity index (χ3v) is 9.43. The van der Waals surface area contributed by atoms with E-state index >= 15 is 0 Å². The van der Waals surface area contributed by atoms with E-state index in [1.807, 2.05) is 13.8 Å². The number of aliphatic carboxylic acids is 1. The highest BCUT2D eigenvalue weighted by Crippen LogP contribution is 2.83. The Bertz CT molecular complexity index is 776. The molecule has 4 bridgehead atoms. The zero-order valence-corrected chi connectivity index (χ0v) is 15.2. The molecule has 1 aliphatic heterocycles. The first kappa shape index (κ1) is 16.8. The number of ether oxygens (including phenoxy) is 1. The number of carboxylic acids is 1. The van der Waals surface area contributed by atoms with Crippen LogP contribution in [-0.4, -0.2) is 44.6 Å². The Morgan fingerprint density at radius 1 is 1.27 bits per heavy atom. The van der Waals surface area contributed by atoms with Gasteiger partial charge in [-0.15, -0.1) is 0 Å². The van der Waals surface area contributed by atoms with Crippen LogP contribution < -0.4 is 0 Å². The SMILES string of the molecule is C=C1[C@@H](O)[C@]23C[C@@]1(O)CC[C@H]2[C@@]12CCC[C@](C)(C(=O)O1)[C@@]2(C)[C@@H]3C(=O)O. The molecule has 4 saturated carbocycles. The number of carbonyl (C=O) groups excluding carboxylic acids is 1. The number of hydrogen-bond donors (Lipinski definition) is 3. The molecule has 0 radical (unpaired) electrons. The smallest absolute Gasteiger partial charge is 0.313 e. The second-order valence-corrected chi connectivity index (χ2v) is 9.78. The van der Waals surface area contributed by atoms with E-state index in [-0.39, 0.29) is 18.3 Å². The fourth-order valence-electron chi connectivity index (χ4n) is 8.26. The van der Waals surface area contributed by atoms with Crippen LogP contribution in [0.3, 0.4) is 0 Å². The van der Waals surface area contributed by atoms with Crippen molar-refractivity contribution in [2.45, 2.75) is 69.7 Å². The van der Waals surface area contributed by atoms with E-state index in [1.165, 1.54) is 0 Å². The van der Waals surface area contributed by atoms with Crippen LogP contribution >= 0.6 is 0 Å². The monoisotopic (exact) mass is 362 g/mol. The van der Waals surface area contributed by atoms with Crippen molar-refractivity contribution in [2.75, 3.05) is 0 Å². The van der Waals surface area contributed by atoms with Crippen LogP contribution in [0.2, 0.25) is 0 Å². The Labute approximate surface area is 152 Å². The van der Waals surface area contributed by atoms with Gasteiger partial charge in [-0.25, -0.2) is 0 Å². The standard InChI is InChI=1S/C20H26O6/c1-10-13(21)19-9-18(10,25)8-5-11(19)20-7-4-6-16(2,15(24)26-20)17(20,3)12(19)14(22)23/h11-13,21,25H,1,4-9H2,2-3H3,(H,22,23)/t11-,12+,13-,16-,17-,18+,19-,20-/m1/s1. The third kappa shape index (κ3) is 1.26. The maximum atomic E-state index is 12.9. The van der Waals surface area contributed by atoms with Gasteiger partial charge in [-0.2, -0.15) is 0 Å². The first-order valence-corrected chi connectivity index (χ1v) is 9.57. The number of esters is 1. The third-order valence-electron chi connectivity index (χ3n) is 9.43. The molecule has 0 aromatic carbocycles. The van der Waals surface area contributed by atoms with Crippen molar-refractivity contribution in [3.8, 4) is 0 Å². The Morgan fingerprint density at radius 3 is 2.62 bits per heavy atom. The summed E-state index contributed by atoms with van der Waals surface area (Å²) in [6.45, 7) is 7.65. The van der Waals surface area contributed by atoms with Crippen molar-refractivity contribution in [3.63, 3.8) is 0 Å². The summed E-state index contributed by atoms with van der Waals surface area (Å²) in [5.74, 6) is -2.55. The lowest BCUT2D eigenvalue weighted by atomic mass is 9.50. The summed E-state index contributed by atoms with van der Waals surface area (Å²) in [7, 11) is 0. The van der Waals surface area contributed by atoms with Gasteiger partial charge in [-0.3, -0.25) is 9.59 Å². The molecule has 0 amide bonds. The highest BCUT2D eigenvalue weighted by atomic mass is 16.6. The number of aliphatic hydroxyl groups excluding tert-OH is 1. The van der Waals surface area contributed by atoms with E-state index in [2.05, 4.69) is 6.58 Å². The van der Waals surface area contributed by atoms with Gasteiger partial charge in [-0.1, -0.05) is 13.5 Å². The highest BCUT2D eigenvalue weighted by Gasteiger charge is 2.89. The summed E-state index contributed by atoms with van der Waals surface area (Å²) in [4.78, 5) is 25.5. The summed E-state index contributed by atoms with van der Waals surface area (Å²) in [5.41, 5.74) is -4.61. The lowest BCUT2D eigenvalue weighted by Gasteiger charge is -2.49. The summed E-state index contributed by atoms with van der Waals surface area (Å²) in [6, 6.07) is 0. The molecule has 1 spiro atoms. The van der Waals surface area contributed by atoms with E-state index in [4.69, 9.17) is 4.74 Å². The molecule has 6 heteroatoms. The molecule has 0 aromatic rings. The number of carbonyl (C=O) groups is 2. The van der Waals surface area contributed by atoms with Gasteiger partial charge in [0.25, 0.3) is 0 Å². The zero-order valence-electron chi connectivity index (χ0n) is 15.2. The number of rotatable bonds is 1. The molecule has 0 aromatic heterocycles. The first-order chi connectivity index (χ1) is 12.0. The number of carboxylic acid groups (broad SMARTS) is 1. The van der Waals surface area contributed by atoms with Crippen molar-refractivity contribution < 1.29 is 29.6 Å². The van der Waals surface area contributed by atoms with Crippen LogP contribution in [0, 0.1) is 28.1 Å². The van der Waals surface area contributed by atoms with Crippen LogP contribution in [0.5, 0.6) is 0 Å². The van der Waals surface area contributed by atoms with E-state index in [0.717, 1.165) is 6.42 Å². The minimum atomic E-state index is -1.23. The molecule has 0 unspecified atom stereocenters. The maximum Gasteiger partial charge on any atom is 0.313 e. The fourth-order valence-corrected chi connectivity index (χ4v) is 8.26. The minimum absolute atomic E-state index is 0.187. The Hall–Kier alpha value is -1.40. The largest absolute Gasteiger partial charge is 0.481 e. The molecule has 3 N–H and O–H groups in total. The maximum absolute atomic E-state index is 12.9. The van der Waals surface area contributed by atoms with Crippen LogP contribution in [0.1, 0.15) is 52.4 Å². The van der Waals surface area contributed by atoms with Crippen molar-refractivity contribution in [1.29, 1.82) is 0 Å². The highest BCUT2D eigenvalue weighted by molar-refractivity contribution is 5.86. The zero-order chi connectivity index (χ0) is 18.9. The topological polar surface area (TPSA) is 104 Å². The van der Waals surface area contributed by atoms with Crippen LogP contribution in [0.15, 0.2) is 12.2 Å². The van der Waals surface area contributed by atoms with Crippen molar-refractivity contribution >= 4 is 11.9 Å². The van der Waals surface area contributed by atoms with Crippen LogP contribution in [0.4, 0.5) is 0 Å².